The number of aliphatic hydroxyl groups excluding tert-OH is 3. The third kappa shape index (κ3) is 6.33. The maximum Gasteiger partial charge on any atom is 0.194 e. The standard InChI is InChI=1S/C28H28ClF3N6O6S/c1-42-27-24(38-9-19(34-36-38)14-6-16(30)23(32)17(31)7-14)26(41)21(10-39)44-28(27)45-22-12-43-11-20(25(22)40)37-8-18(33-35-37)13-3-2-4-15(29)5-13/h2-9,20-22,24-28,39-41H,10-12H2,1H3. The summed E-state index contributed by atoms with van der Waals surface area (Å²) >= 11 is 7.30. The number of thioether (sulfide) groups is 1. The van der Waals surface area contributed by atoms with Crippen LogP contribution in [0.3, 0.4) is 0 Å². The van der Waals surface area contributed by atoms with E-state index < -0.39 is 71.2 Å². The minimum absolute atomic E-state index is 0.00927. The molecule has 12 nitrogen and oxygen atoms in total. The highest BCUT2D eigenvalue weighted by Gasteiger charge is 2.49. The van der Waals surface area contributed by atoms with Crippen LogP contribution in [-0.2, 0) is 14.2 Å². The summed E-state index contributed by atoms with van der Waals surface area (Å²) in [6, 6.07) is 7.13. The number of benzene rings is 2. The molecule has 0 aliphatic carbocycles. The Bertz CT molecular complexity index is 1630. The fraction of sp³-hybridized carbons (Fsp3) is 0.429. The van der Waals surface area contributed by atoms with Gasteiger partial charge in [0.1, 0.15) is 47.2 Å². The molecule has 2 fully saturated rings. The van der Waals surface area contributed by atoms with Crippen molar-refractivity contribution in [1.82, 2.24) is 30.0 Å². The molecule has 8 unspecified atom stereocenters. The summed E-state index contributed by atoms with van der Waals surface area (Å²) < 4.78 is 61.6. The first-order chi connectivity index (χ1) is 21.7. The Morgan fingerprint density at radius 3 is 2.36 bits per heavy atom. The molecule has 0 radical (unpaired) electrons. The summed E-state index contributed by atoms with van der Waals surface area (Å²) in [4.78, 5) is 0. The molecular formula is C28H28ClF3N6O6S. The van der Waals surface area contributed by atoms with Crippen molar-refractivity contribution in [3.05, 3.63) is 71.3 Å². The van der Waals surface area contributed by atoms with Gasteiger partial charge in [0, 0.05) is 23.3 Å². The summed E-state index contributed by atoms with van der Waals surface area (Å²) in [6.07, 6.45) is -1.28. The smallest absolute Gasteiger partial charge is 0.194 e. The maximum atomic E-state index is 13.9. The van der Waals surface area contributed by atoms with Gasteiger partial charge < -0.3 is 29.5 Å². The monoisotopic (exact) mass is 668 g/mol. The van der Waals surface area contributed by atoms with E-state index >= 15 is 0 Å². The quantitative estimate of drug-likeness (QED) is 0.238. The number of nitrogens with zero attached hydrogens (tertiary/aromatic N) is 6. The number of aromatic nitrogens is 6. The zero-order chi connectivity index (χ0) is 31.8. The van der Waals surface area contributed by atoms with Crippen LogP contribution in [0, 0.1) is 17.5 Å². The van der Waals surface area contributed by atoms with Gasteiger partial charge in [-0.05, 0) is 24.3 Å². The van der Waals surface area contributed by atoms with Gasteiger partial charge in [-0.2, -0.15) is 0 Å². The van der Waals surface area contributed by atoms with Crippen LogP contribution in [0.1, 0.15) is 12.1 Å². The third-order valence-electron chi connectivity index (χ3n) is 7.82. The SMILES string of the molecule is COC1C(SC2COCC(n3cc(-c4cccc(Cl)c4)nn3)C2O)OC(CO)C(O)C1n1cc(-c2cc(F)c(F)c(F)c2)nn1. The van der Waals surface area contributed by atoms with E-state index in [1.807, 2.05) is 6.07 Å². The van der Waals surface area contributed by atoms with Crippen molar-refractivity contribution < 1.29 is 42.7 Å². The topological polar surface area (TPSA) is 150 Å². The second-order valence-electron chi connectivity index (χ2n) is 10.6. The number of hydrogen-bond acceptors (Lipinski definition) is 11. The van der Waals surface area contributed by atoms with E-state index in [9.17, 15) is 28.5 Å². The van der Waals surface area contributed by atoms with Crippen LogP contribution >= 0.6 is 23.4 Å². The van der Waals surface area contributed by atoms with Crippen LogP contribution in [0.4, 0.5) is 13.2 Å². The highest BCUT2D eigenvalue weighted by atomic mass is 35.5. The predicted molar refractivity (Wildman–Crippen MR) is 155 cm³/mol. The fourth-order valence-electron chi connectivity index (χ4n) is 5.48. The van der Waals surface area contributed by atoms with Crippen molar-refractivity contribution in [3.63, 3.8) is 0 Å². The van der Waals surface area contributed by atoms with E-state index in [1.165, 1.54) is 34.4 Å². The van der Waals surface area contributed by atoms with E-state index in [2.05, 4.69) is 20.6 Å². The van der Waals surface area contributed by atoms with Crippen LogP contribution < -0.4 is 0 Å². The molecule has 0 spiro atoms. The van der Waals surface area contributed by atoms with Crippen molar-refractivity contribution in [2.75, 3.05) is 26.9 Å². The first-order valence-corrected chi connectivity index (χ1v) is 15.1. The Morgan fingerprint density at radius 2 is 1.67 bits per heavy atom. The number of rotatable bonds is 8. The Labute approximate surface area is 263 Å². The van der Waals surface area contributed by atoms with Crippen LogP contribution in [0.15, 0.2) is 48.8 Å². The normalized spacial score (nSPS) is 28.8. The molecule has 8 atom stereocenters. The molecular weight excluding hydrogens is 641 g/mol. The molecule has 2 aliphatic rings. The van der Waals surface area contributed by atoms with Crippen molar-refractivity contribution in [2.45, 2.75) is 47.2 Å². The summed E-state index contributed by atoms with van der Waals surface area (Å²) in [5.74, 6) is -4.40. The van der Waals surface area contributed by atoms with Gasteiger partial charge in [0.05, 0.1) is 43.6 Å². The zero-order valence-electron chi connectivity index (χ0n) is 23.5. The lowest BCUT2D eigenvalue weighted by atomic mass is 9.97. The molecule has 240 valence electrons. The Balaban J connectivity index is 1.22. The van der Waals surface area contributed by atoms with Crippen LogP contribution in [0.25, 0.3) is 22.5 Å². The van der Waals surface area contributed by atoms with Gasteiger partial charge in [0.25, 0.3) is 0 Å². The average Bonchev–Trinajstić information content (AvgIpc) is 3.72. The molecule has 2 saturated heterocycles. The Kier molecular flexibility index (Phi) is 9.44. The Morgan fingerprint density at radius 1 is 0.978 bits per heavy atom. The molecule has 2 aromatic heterocycles. The van der Waals surface area contributed by atoms with E-state index in [4.69, 9.17) is 25.8 Å². The lowest BCUT2D eigenvalue weighted by Crippen LogP contribution is -2.56. The average molecular weight is 669 g/mol. The van der Waals surface area contributed by atoms with E-state index in [0.717, 1.165) is 17.7 Å². The second kappa shape index (κ2) is 13.3. The van der Waals surface area contributed by atoms with Crippen molar-refractivity contribution in [3.8, 4) is 22.5 Å². The maximum absolute atomic E-state index is 13.9. The van der Waals surface area contributed by atoms with E-state index in [-0.39, 0.29) is 24.5 Å². The molecule has 6 rings (SSSR count). The highest BCUT2D eigenvalue weighted by molar-refractivity contribution is 8.00. The number of aliphatic hydroxyl groups is 3. The number of halogens is 4. The lowest BCUT2D eigenvalue weighted by molar-refractivity contribution is -0.186. The van der Waals surface area contributed by atoms with Gasteiger partial charge in [-0.15, -0.1) is 22.0 Å². The van der Waals surface area contributed by atoms with Crippen LogP contribution in [0.5, 0.6) is 0 Å². The van der Waals surface area contributed by atoms with Crippen molar-refractivity contribution >= 4 is 23.4 Å². The highest BCUT2D eigenvalue weighted by Crippen LogP contribution is 2.41. The number of ether oxygens (including phenoxy) is 3. The van der Waals surface area contributed by atoms with Gasteiger partial charge in [-0.25, -0.2) is 22.5 Å². The zero-order valence-corrected chi connectivity index (χ0v) is 25.1. The van der Waals surface area contributed by atoms with E-state index in [1.54, 1.807) is 24.4 Å². The number of hydrogen-bond donors (Lipinski definition) is 3. The molecule has 0 bridgehead atoms. The molecule has 0 amide bonds. The van der Waals surface area contributed by atoms with Gasteiger partial charge in [0.2, 0.25) is 0 Å². The minimum Gasteiger partial charge on any atom is -0.394 e. The van der Waals surface area contributed by atoms with Crippen molar-refractivity contribution in [1.29, 1.82) is 0 Å². The van der Waals surface area contributed by atoms with Gasteiger partial charge in [0.15, 0.2) is 17.5 Å². The fourth-order valence-corrected chi connectivity index (χ4v) is 7.16. The summed E-state index contributed by atoms with van der Waals surface area (Å²) in [6.45, 7) is -0.234. The molecule has 2 aromatic carbocycles. The summed E-state index contributed by atoms with van der Waals surface area (Å²) in [5, 5.41) is 49.0. The largest absolute Gasteiger partial charge is 0.394 e. The third-order valence-corrected chi connectivity index (χ3v) is 9.46. The van der Waals surface area contributed by atoms with Gasteiger partial charge in [-0.3, -0.25) is 0 Å². The lowest BCUT2D eigenvalue weighted by Gasteiger charge is -2.45. The van der Waals surface area contributed by atoms with Crippen LogP contribution in [-0.4, -0.2) is 107 Å². The molecule has 2 aliphatic heterocycles. The molecule has 17 heteroatoms. The molecule has 3 N–H and O–H groups in total. The van der Waals surface area contributed by atoms with Gasteiger partial charge in [-0.1, -0.05) is 34.2 Å². The molecule has 0 saturated carbocycles. The molecule has 4 heterocycles. The summed E-state index contributed by atoms with van der Waals surface area (Å²) in [7, 11) is 1.40. The van der Waals surface area contributed by atoms with Crippen LogP contribution in [0.2, 0.25) is 5.02 Å². The van der Waals surface area contributed by atoms with Crippen molar-refractivity contribution in [2.24, 2.45) is 0 Å². The molecule has 45 heavy (non-hydrogen) atoms. The number of methoxy groups -OCH3 is 1. The minimum atomic E-state index is -1.61. The van der Waals surface area contributed by atoms with Gasteiger partial charge >= 0.3 is 0 Å². The molecule has 4 aromatic rings. The summed E-state index contributed by atoms with van der Waals surface area (Å²) in [5.41, 5.74) is 0.409. The Hall–Kier alpha value is -3.09. The first-order valence-electron chi connectivity index (χ1n) is 13.8. The predicted octanol–water partition coefficient (Wildman–Crippen LogP) is 2.64. The second-order valence-corrected chi connectivity index (χ2v) is 12.4. The first kappa shape index (κ1) is 31.9. The van der Waals surface area contributed by atoms with E-state index in [0.29, 0.717) is 10.7 Å².